The van der Waals surface area contributed by atoms with Crippen LogP contribution in [0.4, 0.5) is 5.69 Å². The Morgan fingerprint density at radius 2 is 2.06 bits per heavy atom. The first-order chi connectivity index (χ1) is 15.2. The fourth-order valence-corrected chi connectivity index (χ4v) is 3.75. The highest BCUT2D eigenvalue weighted by atomic mass is 79.9. The van der Waals surface area contributed by atoms with Gasteiger partial charge in [-0.05, 0) is 54.0 Å². The van der Waals surface area contributed by atoms with E-state index in [-0.39, 0.29) is 28.1 Å². The number of nitro groups is 1. The minimum atomic E-state index is -0.648. The third-order valence-electron chi connectivity index (χ3n) is 4.18. The van der Waals surface area contributed by atoms with Gasteiger partial charge in [0.25, 0.3) is 5.56 Å². The van der Waals surface area contributed by atoms with Gasteiger partial charge in [0, 0.05) is 16.1 Å². The molecule has 0 bridgehead atoms. The van der Waals surface area contributed by atoms with E-state index in [1.807, 2.05) is 0 Å². The molecule has 12 heteroatoms. The van der Waals surface area contributed by atoms with Crippen LogP contribution in [0.2, 0.25) is 0 Å². The van der Waals surface area contributed by atoms with Gasteiger partial charge >= 0.3 is 11.7 Å². The molecule has 0 aliphatic heterocycles. The van der Waals surface area contributed by atoms with Gasteiger partial charge in [-0.3, -0.25) is 14.9 Å². The Hall–Kier alpha value is -3.12. The second-order valence-electron chi connectivity index (χ2n) is 6.38. The van der Waals surface area contributed by atoms with Crippen molar-refractivity contribution in [2.75, 3.05) is 13.2 Å². The van der Waals surface area contributed by atoms with Crippen molar-refractivity contribution in [3.05, 3.63) is 71.1 Å². The molecule has 0 radical (unpaired) electrons. The van der Waals surface area contributed by atoms with Gasteiger partial charge in [0.15, 0.2) is 6.61 Å². The molecule has 0 saturated carbocycles. The Morgan fingerprint density at radius 1 is 1.31 bits per heavy atom. The quantitative estimate of drug-likeness (QED) is 0.183. The van der Waals surface area contributed by atoms with Crippen molar-refractivity contribution in [1.82, 2.24) is 9.66 Å². The van der Waals surface area contributed by atoms with Crippen molar-refractivity contribution in [1.29, 1.82) is 0 Å². The first-order valence-corrected chi connectivity index (χ1v) is 10.8. The van der Waals surface area contributed by atoms with E-state index in [9.17, 15) is 19.7 Å². The predicted molar refractivity (Wildman–Crippen MR) is 124 cm³/mol. The number of rotatable bonds is 7. The molecule has 166 valence electrons. The number of carbonyl (C=O) groups is 1. The number of carbonyl (C=O) groups excluding carboxylic acids is 1. The molecule has 0 atom stereocenters. The van der Waals surface area contributed by atoms with Gasteiger partial charge in [-0.15, -0.1) is 0 Å². The lowest BCUT2D eigenvalue weighted by Crippen LogP contribution is -2.20. The summed E-state index contributed by atoms with van der Waals surface area (Å²) < 4.78 is 12.1. The smallest absolute Gasteiger partial charge is 0.344 e. The summed E-state index contributed by atoms with van der Waals surface area (Å²) in [7, 11) is 0. The highest BCUT2D eigenvalue weighted by Crippen LogP contribution is 2.36. The van der Waals surface area contributed by atoms with E-state index in [4.69, 9.17) is 9.47 Å². The SMILES string of the molecule is CCOC(=O)COc1c(Br)cc(C=Nn2c(C)nc3ccc(Br)cc3c2=O)cc1[N+](=O)[O-]. The molecule has 32 heavy (non-hydrogen) atoms. The molecule has 0 spiro atoms. The number of esters is 1. The van der Waals surface area contributed by atoms with Crippen LogP contribution in [0.5, 0.6) is 5.75 Å². The second kappa shape index (κ2) is 10.0. The minimum Gasteiger partial charge on any atom is -0.474 e. The fraction of sp³-hybridized carbons (Fsp3) is 0.200. The van der Waals surface area contributed by atoms with Crippen molar-refractivity contribution >= 4 is 60.6 Å². The lowest BCUT2D eigenvalue weighted by atomic mass is 10.2. The van der Waals surface area contributed by atoms with Crippen molar-refractivity contribution in [2.24, 2.45) is 5.10 Å². The molecule has 0 unspecified atom stereocenters. The van der Waals surface area contributed by atoms with Crippen LogP contribution in [0.1, 0.15) is 18.3 Å². The zero-order chi connectivity index (χ0) is 23.4. The van der Waals surface area contributed by atoms with Crippen LogP contribution in [-0.4, -0.2) is 40.0 Å². The Morgan fingerprint density at radius 3 is 2.75 bits per heavy atom. The van der Waals surface area contributed by atoms with Crippen LogP contribution in [0.25, 0.3) is 10.9 Å². The van der Waals surface area contributed by atoms with Crippen LogP contribution < -0.4 is 10.3 Å². The maximum atomic E-state index is 12.8. The molecule has 10 nitrogen and oxygen atoms in total. The highest BCUT2D eigenvalue weighted by Gasteiger charge is 2.21. The van der Waals surface area contributed by atoms with E-state index < -0.39 is 17.5 Å². The van der Waals surface area contributed by atoms with Crippen molar-refractivity contribution < 1.29 is 19.2 Å². The molecule has 0 fully saturated rings. The Labute approximate surface area is 198 Å². The number of hydrogen-bond donors (Lipinski definition) is 0. The van der Waals surface area contributed by atoms with Gasteiger partial charge < -0.3 is 9.47 Å². The van der Waals surface area contributed by atoms with Gasteiger partial charge in [0.2, 0.25) is 5.75 Å². The van der Waals surface area contributed by atoms with Crippen LogP contribution in [0, 0.1) is 17.0 Å². The number of nitro benzene ring substituents is 1. The summed E-state index contributed by atoms with van der Waals surface area (Å²) in [4.78, 5) is 39.6. The van der Waals surface area contributed by atoms with E-state index >= 15 is 0 Å². The zero-order valence-corrected chi connectivity index (χ0v) is 20.0. The Bertz CT molecular complexity index is 1310. The van der Waals surface area contributed by atoms with Gasteiger partial charge in [0.05, 0.1) is 33.1 Å². The predicted octanol–water partition coefficient (Wildman–Crippen LogP) is 3.96. The number of fused-ring (bicyclic) bond motifs is 1. The summed E-state index contributed by atoms with van der Waals surface area (Å²) in [5.74, 6) is -0.417. The average Bonchev–Trinajstić information content (AvgIpc) is 2.73. The lowest BCUT2D eigenvalue weighted by molar-refractivity contribution is -0.385. The number of ether oxygens (including phenoxy) is 2. The summed E-state index contributed by atoms with van der Waals surface area (Å²) in [5.41, 5.74) is 0.0964. The molecule has 0 N–H and O–H groups in total. The van der Waals surface area contributed by atoms with E-state index in [0.29, 0.717) is 22.3 Å². The maximum Gasteiger partial charge on any atom is 0.344 e. The highest BCUT2D eigenvalue weighted by molar-refractivity contribution is 9.10. The Balaban J connectivity index is 1.98. The monoisotopic (exact) mass is 566 g/mol. The zero-order valence-electron chi connectivity index (χ0n) is 16.9. The number of aryl methyl sites for hydroxylation is 1. The average molecular weight is 568 g/mol. The number of nitrogens with zero attached hydrogens (tertiary/aromatic N) is 4. The van der Waals surface area contributed by atoms with Gasteiger partial charge in [0.1, 0.15) is 5.82 Å². The number of benzene rings is 2. The molecule has 1 heterocycles. The third-order valence-corrected chi connectivity index (χ3v) is 5.26. The Kier molecular flexibility index (Phi) is 7.36. The van der Waals surface area contributed by atoms with Crippen molar-refractivity contribution in [3.63, 3.8) is 0 Å². The topological polar surface area (TPSA) is 126 Å². The first kappa shape index (κ1) is 23.5. The normalized spacial score (nSPS) is 11.1. The van der Waals surface area contributed by atoms with Gasteiger partial charge in [-0.25, -0.2) is 9.78 Å². The second-order valence-corrected chi connectivity index (χ2v) is 8.15. The third kappa shape index (κ3) is 5.19. The molecule has 2 aromatic carbocycles. The molecule has 0 aliphatic carbocycles. The van der Waals surface area contributed by atoms with Crippen LogP contribution in [0.15, 0.2) is 49.2 Å². The number of halogens is 2. The standard InChI is InChI=1S/C20H16Br2N4O6/c1-3-31-18(27)10-32-19-15(22)6-12(7-17(19)26(29)30)9-23-25-11(2)24-16-5-4-13(21)8-14(16)20(25)28/h4-9H,3,10H2,1-2H3. The first-order valence-electron chi connectivity index (χ1n) is 9.21. The molecule has 3 aromatic rings. The molecule has 3 rings (SSSR count). The van der Waals surface area contributed by atoms with E-state index in [1.165, 1.54) is 18.3 Å². The molecule has 1 aromatic heterocycles. The number of hydrogen-bond acceptors (Lipinski definition) is 8. The van der Waals surface area contributed by atoms with Gasteiger partial charge in [-0.1, -0.05) is 15.9 Å². The molecule has 0 aliphatic rings. The van der Waals surface area contributed by atoms with Crippen LogP contribution in [0.3, 0.4) is 0 Å². The molecular weight excluding hydrogens is 552 g/mol. The van der Waals surface area contributed by atoms with Crippen LogP contribution >= 0.6 is 31.9 Å². The fourth-order valence-electron chi connectivity index (χ4n) is 2.81. The summed E-state index contributed by atoms with van der Waals surface area (Å²) >= 11 is 6.55. The van der Waals surface area contributed by atoms with E-state index in [1.54, 1.807) is 32.0 Å². The lowest BCUT2D eigenvalue weighted by Gasteiger charge is -2.09. The van der Waals surface area contributed by atoms with E-state index in [0.717, 1.165) is 9.15 Å². The molecule has 0 amide bonds. The van der Waals surface area contributed by atoms with Crippen LogP contribution in [-0.2, 0) is 9.53 Å². The molecular formula is C20H16Br2N4O6. The van der Waals surface area contributed by atoms with E-state index in [2.05, 4.69) is 41.9 Å². The summed E-state index contributed by atoms with van der Waals surface area (Å²) in [6, 6.07) is 7.89. The maximum absolute atomic E-state index is 12.8. The summed E-state index contributed by atoms with van der Waals surface area (Å²) in [6.45, 7) is 2.96. The van der Waals surface area contributed by atoms with Crippen molar-refractivity contribution in [2.45, 2.75) is 13.8 Å². The van der Waals surface area contributed by atoms with Crippen molar-refractivity contribution in [3.8, 4) is 5.75 Å². The summed E-state index contributed by atoms with van der Waals surface area (Å²) in [6.07, 6.45) is 1.30. The largest absolute Gasteiger partial charge is 0.474 e. The summed E-state index contributed by atoms with van der Waals surface area (Å²) in [5, 5.41) is 16.1. The minimum absolute atomic E-state index is 0.120. The number of aromatic nitrogens is 2. The molecule has 0 saturated heterocycles. The van der Waals surface area contributed by atoms with Gasteiger partial charge in [-0.2, -0.15) is 9.78 Å².